The third-order valence-corrected chi connectivity index (χ3v) is 2.54. The van der Waals surface area contributed by atoms with Gasteiger partial charge in [0.05, 0.1) is 0 Å². The number of carbonyl (C=O) groups excluding carboxylic acids is 1. The highest BCUT2D eigenvalue weighted by Gasteiger charge is 2.05. The first kappa shape index (κ1) is 11.2. The van der Waals surface area contributed by atoms with Crippen molar-refractivity contribution >= 4 is 22.2 Å². The zero-order valence-electron chi connectivity index (χ0n) is 8.07. The second kappa shape index (κ2) is 5.81. The smallest absolute Gasteiger partial charge is 0.160 e. The summed E-state index contributed by atoms with van der Waals surface area (Å²) in [6.45, 7) is 1.92. The van der Waals surface area contributed by atoms with Gasteiger partial charge in [0.1, 0.15) is 5.75 Å². The Labute approximate surface area is 92.4 Å². The van der Waals surface area contributed by atoms with Crippen LogP contribution in [0.5, 0.6) is 5.75 Å². The molecule has 0 heterocycles. The first-order valence-electron chi connectivity index (χ1n) is 4.57. The topological polar surface area (TPSA) is 26.3 Å². The standard InChI is InChI=1S/C11H13BrO2/c1-2-10(8-13)14-11-5-3-4-9(6-11)7-12/h3-6,8,10H,2,7H2,1H3/t10-/m1/s1. The summed E-state index contributed by atoms with van der Waals surface area (Å²) >= 11 is 3.37. The number of halogens is 1. The Balaban J connectivity index is 2.70. The summed E-state index contributed by atoms with van der Waals surface area (Å²) < 4.78 is 5.47. The number of benzene rings is 1. The van der Waals surface area contributed by atoms with Crippen molar-refractivity contribution in [2.75, 3.05) is 0 Å². The fraction of sp³-hybridized carbons (Fsp3) is 0.364. The normalized spacial score (nSPS) is 12.1. The number of aldehydes is 1. The van der Waals surface area contributed by atoms with Crippen molar-refractivity contribution in [3.63, 3.8) is 0 Å². The molecule has 0 saturated heterocycles. The zero-order valence-corrected chi connectivity index (χ0v) is 9.66. The van der Waals surface area contributed by atoms with E-state index in [1.807, 2.05) is 31.2 Å². The highest BCUT2D eigenvalue weighted by atomic mass is 79.9. The highest BCUT2D eigenvalue weighted by molar-refractivity contribution is 9.08. The molecule has 0 unspecified atom stereocenters. The van der Waals surface area contributed by atoms with Crippen LogP contribution < -0.4 is 4.74 Å². The molecule has 0 radical (unpaired) electrons. The average molecular weight is 257 g/mol. The van der Waals surface area contributed by atoms with Crippen LogP contribution in [0.3, 0.4) is 0 Å². The number of ether oxygens (including phenoxy) is 1. The molecule has 0 saturated carbocycles. The van der Waals surface area contributed by atoms with Crippen LogP contribution in [0.1, 0.15) is 18.9 Å². The van der Waals surface area contributed by atoms with Gasteiger partial charge in [0.15, 0.2) is 12.4 Å². The molecular weight excluding hydrogens is 244 g/mol. The molecule has 1 aromatic rings. The van der Waals surface area contributed by atoms with Gasteiger partial charge in [-0.25, -0.2) is 0 Å². The first-order chi connectivity index (χ1) is 6.80. The molecule has 0 N–H and O–H groups in total. The predicted molar refractivity (Wildman–Crippen MR) is 59.8 cm³/mol. The van der Waals surface area contributed by atoms with Gasteiger partial charge in [-0.15, -0.1) is 0 Å². The van der Waals surface area contributed by atoms with E-state index in [0.29, 0.717) is 6.42 Å². The van der Waals surface area contributed by atoms with Crippen molar-refractivity contribution in [3.05, 3.63) is 29.8 Å². The van der Waals surface area contributed by atoms with Crippen LogP contribution in [0.4, 0.5) is 0 Å². The highest BCUT2D eigenvalue weighted by Crippen LogP contribution is 2.16. The molecule has 1 rings (SSSR count). The molecule has 1 aromatic carbocycles. The van der Waals surface area contributed by atoms with E-state index in [4.69, 9.17) is 4.74 Å². The minimum absolute atomic E-state index is 0.333. The van der Waals surface area contributed by atoms with E-state index in [2.05, 4.69) is 15.9 Å². The van der Waals surface area contributed by atoms with Gasteiger partial charge in [0.2, 0.25) is 0 Å². The summed E-state index contributed by atoms with van der Waals surface area (Å²) in [5, 5.41) is 0.794. The van der Waals surface area contributed by atoms with E-state index < -0.39 is 0 Å². The number of rotatable bonds is 5. The largest absolute Gasteiger partial charge is 0.483 e. The molecule has 0 bridgehead atoms. The van der Waals surface area contributed by atoms with Gasteiger partial charge < -0.3 is 4.74 Å². The van der Waals surface area contributed by atoms with Crippen LogP contribution in [0.25, 0.3) is 0 Å². The molecule has 1 atom stereocenters. The molecule has 0 spiro atoms. The van der Waals surface area contributed by atoms with Crippen LogP contribution in [0.2, 0.25) is 0 Å². The van der Waals surface area contributed by atoms with Crippen LogP contribution in [-0.2, 0) is 10.1 Å². The fourth-order valence-corrected chi connectivity index (χ4v) is 1.43. The van der Waals surface area contributed by atoms with Gasteiger partial charge in [0.25, 0.3) is 0 Å². The van der Waals surface area contributed by atoms with E-state index in [1.54, 1.807) is 0 Å². The second-order valence-corrected chi connectivity index (χ2v) is 3.54. The molecule has 3 heteroatoms. The SMILES string of the molecule is CC[C@H](C=O)Oc1cccc(CBr)c1. The maximum atomic E-state index is 10.6. The number of alkyl halides is 1. The average Bonchev–Trinajstić information content (AvgIpc) is 2.26. The lowest BCUT2D eigenvalue weighted by molar-refractivity contribution is -0.113. The van der Waals surface area contributed by atoms with Gasteiger partial charge in [-0.05, 0) is 24.1 Å². The lowest BCUT2D eigenvalue weighted by atomic mass is 10.2. The van der Waals surface area contributed by atoms with Gasteiger partial charge >= 0.3 is 0 Å². The van der Waals surface area contributed by atoms with Crippen molar-refractivity contribution in [1.82, 2.24) is 0 Å². The van der Waals surface area contributed by atoms with Crippen LogP contribution >= 0.6 is 15.9 Å². The van der Waals surface area contributed by atoms with E-state index in [1.165, 1.54) is 0 Å². The predicted octanol–water partition coefficient (Wildman–Crippen LogP) is 2.94. The summed E-state index contributed by atoms with van der Waals surface area (Å²) in [6.07, 6.45) is 1.20. The van der Waals surface area contributed by atoms with Crippen LogP contribution in [0.15, 0.2) is 24.3 Å². The van der Waals surface area contributed by atoms with Gasteiger partial charge in [-0.3, -0.25) is 4.79 Å². The maximum absolute atomic E-state index is 10.6. The third kappa shape index (κ3) is 3.14. The Morgan fingerprint density at radius 3 is 2.93 bits per heavy atom. The lowest BCUT2D eigenvalue weighted by Gasteiger charge is -2.11. The molecule has 0 aliphatic carbocycles. The van der Waals surface area contributed by atoms with Crippen LogP contribution in [0, 0.1) is 0 Å². The summed E-state index contributed by atoms with van der Waals surface area (Å²) in [5.74, 6) is 0.751. The summed E-state index contributed by atoms with van der Waals surface area (Å²) in [4.78, 5) is 10.6. The van der Waals surface area contributed by atoms with Gasteiger partial charge in [-0.1, -0.05) is 35.0 Å². The van der Waals surface area contributed by atoms with Gasteiger partial charge in [0, 0.05) is 5.33 Å². The molecule has 0 fully saturated rings. The first-order valence-corrected chi connectivity index (χ1v) is 5.69. The fourth-order valence-electron chi connectivity index (χ4n) is 1.08. The van der Waals surface area contributed by atoms with Crippen molar-refractivity contribution in [1.29, 1.82) is 0 Å². The zero-order chi connectivity index (χ0) is 10.4. The van der Waals surface area contributed by atoms with E-state index in [-0.39, 0.29) is 6.10 Å². The molecule has 14 heavy (non-hydrogen) atoms. The van der Waals surface area contributed by atoms with Crippen LogP contribution in [-0.4, -0.2) is 12.4 Å². The maximum Gasteiger partial charge on any atom is 0.160 e. The van der Waals surface area contributed by atoms with E-state index in [0.717, 1.165) is 22.9 Å². The second-order valence-electron chi connectivity index (χ2n) is 2.98. The third-order valence-electron chi connectivity index (χ3n) is 1.89. The number of hydrogen-bond acceptors (Lipinski definition) is 2. The summed E-state index contributed by atoms with van der Waals surface area (Å²) in [7, 11) is 0. The molecule has 76 valence electrons. The monoisotopic (exact) mass is 256 g/mol. The quantitative estimate of drug-likeness (QED) is 0.598. The Kier molecular flexibility index (Phi) is 4.66. The minimum atomic E-state index is -0.333. The van der Waals surface area contributed by atoms with Crippen molar-refractivity contribution in [2.24, 2.45) is 0 Å². The Morgan fingerprint density at radius 1 is 1.57 bits per heavy atom. The molecule has 0 aliphatic heterocycles. The number of hydrogen-bond donors (Lipinski definition) is 0. The number of carbonyl (C=O) groups is 1. The lowest BCUT2D eigenvalue weighted by Crippen LogP contribution is -2.16. The molecule has 2 nitrogen and oxygen atoms in total. The van der Waals surface area contributed by atoms with Gasteiger partial charge in [-0.2, -0.15) is 0 Å². The van der Waals surface area contributed by atoms with E-state index in [9.17, 15) is 4.79 Å². The van der Waals surface area contributed by atoms with Crippen molar-refractivity contribution in [2.45, 2.75) is 24.8 Å². The summed E-state index contributed by atoms with van der Waals surface area (Å²) in [6, 6.07) is 7.71. The van der Waals surface area contributed by atoms with E-state index >= 15 is 0 Å². The molecule has 0 amide bonds. The Hall–Kier alpha value is -0.830. The Morgan fingerprint density at radius 2 is 2.36 bits per heavy atom. The Bertz CT molecular complexity index is 299. The van der Waals surface area contributed by atoms with Crippen molar-refractivity contribution < 1.29 is 9.53 Å². The molecular formula is C11H13BrO2. The molecule has 0 aromatic heterocycles. The van der Waals surface area contributed by atoms with Crippen molar-refractivity contribution in [3.8, 4) is 5.75 Å². The molecule has 0 aliphatic rings. The minimum Gasteiger partial charge on any atom is -0.483 e. The summed E-state index contributed by atoms with van der Waals surface area (Å²) in [5.41, 5.74) is 1.14.